The van der Waals surface area contributed by atoms with Crippen LogP contribution in [0, 0.1) is 6.92 Å². The first-order valence-corrected chi connectivity index (χ1v) is 10.0. The lowest BCUT2D eigenvalue weighted by molar-refractivity contribution is 0.102. The van der Waals surface area contributed by atoms with Crippen LogP contribution in [-0.4, -0.2) is 38.5 Å². The van der Waals surface area contributed by atoms with Gasteiger partial charge in [0.2, 0.25) is 0 Å². The maximum Gasteiger partial charge on any atom is 0.255 e. The number of benzene rings is 3. The standard InChI is InChI=1S/C25H24N2O3/c1-18-2-5-21(16-24(18)20-6-3-19(17-28)4-7-20)25(29)26-22-8-10-23(11-9-22)27-12-14-30-15-13-27/h2-11,16-17H,12-15H2,1H3,(H,26,29). The van der Waals surface area contributed by atoms with Crippen LogP contribution in [0.5, 0.6) is 0 Å². The maximum absolute atomic E-state index is 12.8. The van der Waals surface area contributed by atoms with Gasteiger partial charge in [-0.1, -0.05) is 30.3 Å². The molecule has 1 fully saturated rings. The second kappa shape index (κ2) is 8.93. The molecule has 0 aromatic heterocycles. The first-order valence-electron chi connectivity index (χ1n) is 10.0. The highest BCUT2D eigenvalue weighted by Gasteiger charge is 2.13. The normalized spacial score (nSPS) is 13.7. The first kappa shape index (κ1) is 19.9. The van der Waals surface area contributed by atoms with E-state index in [1.807, 2.05) is 61.5 Å². The third-order valence-corrected chi connectivity index (χ3v) is 5.36. The predicted molar refractivity (Wildman–Crippen MR) is 119 cm³/mol. The molecule has 30 heavy (non-hydrogen) atoms. The van der Waals surface area contributed by atoms with Gasteiger partial charge < -0.3 is 15.0 Å². The third-order valence-electron chi connectivity index (χ3n) is 5.36. The van der Waals surface area contributed by atoms with Crippen molar-refractivity contribution >= 4 is 23.6 Å². The van der Waals surface area contributed by atoms with E-state index in [0.29, 0.717) is 11.1 Å². The van der Waals surface area contributed by atoms with Gasteiger partial charge in [0.25, 0.3) is 5.91 Å². The van der Waals surface area contributed by atoms with E-state index >= 15 is 0 Å². The Bertz CT molecular complexity index is 1040. The Balaban J connectivity index is 1.49. The van der Waals surface area contributed by atoms with Crippen LogP contribution in [0.4, 0.5) is 11.4 Å². The van der Waals surface area contributed by atoms with E-state index in [-0.39, 0.29) is 5.91 Å². The molecular weight excluding hydrogens is 376 g/mol. The van der Waals surface area contributed by atoms with E-state index in [2.05, 4.69) is 10.2 Å². The van der Waals surface area contributed by atoms with Gasteiger partial charge in [0.05, 0.1) is 13.2 Å². The molecule has 5 nitrogen and oxygen atoms in total. The summed E-state index contributed by atoms with van der Waals surface area (Å²) in [6, 6.07) is 20.9. The summed E-state index contributed by atoms with van der Waals surface area (Å²) in [6.07, 6.45) is 0.824. The van der Waals surface area contributed by atoms with Crippen molar-refractivity contribution in [3.05, 3.63) is 83.4 Å². The number of aldehydes is 1. The number of morpholine rings is 1. The topological polar surface area (TPSA) is 58.6 Å². The van der Waals surface area contributed by atoms with Crippen molar-refractivity contribution in [2.45, 2.75) is 6.92 Å². The summed E-state index contributed by atoms with van der Waals surface area (Å²) in [7, 11) is 0. The van der Waals surface area contributed by atoms with Crippen LogP contribution in [0.25, 0.3) is 11.1 Å². The van der Waals surface area contributed by atoms with Crippen LogP contribution in [0.2, 0.25) is 0 Å². The smallest absolute Gasteiger partial charge is 0.255 e. The van der Waals surface area contributed by atoms with Crippen molar-refractivity contribution in [1.29, 1.82) is 0 Å². The highest BCUT2D eigenvalue weighted by Crippen LogP contribution is 2.26. The largest absolute Gasteiger partial charge is 0.378 e. The molecule has 0 spiro atoms. The molecule has 1 N–H and O–H groups in total. The minimum absolute atomic E-state index is 0.153. The van der Waals surface area contributed by atoms with E-state index in [1.165, 1.54) is 0 Å². The van der Waals surface area contributed by atoms with E-state index in [9.17, 15) is 9.59 Å². The lowest BCUT2D eigenvalue weighted by Gasteiger charge is -2.28. The lowest BCUT2D eigenvalue weighted by atomic mass is 9.97. The molecule has 1 aliphatic rings. The summed E-state index contributed by atoms with van der Waals surface area (Å²) >= 11 is 0. The van der Waals surface area contributed by atoms with Gasteiger partial charge in [-0.25, -0.2) is 0 Å². The number of hydrogen-bond donors (Lipinski definition) is 1. The summed E-state index contributed by atoms with van der Waals surface area (Å²) in [4.78, 5) is 26.0. The van der Waals surface area contributed by atoms with Gasteiger partial charge in [-0.05, 0) is 60.0 Å². The monoisotopic (exact) mass is 400 g/mol. The van der Waals surface area contributed by atoms with Crippen LogP contribution in [0.3, 0.4) is 0 Å². The average molecular weight is 400 g/mol. The first-order chi connectivity index (χ1) is 14.6. The number of nitrogens with zero attached hydrogens (tertiary/aromatic N) is 1. The molecule has 152 valence electrons. The Morgan fingerprint density at radius 1 is 0.967 bits per heavy atom. The molecular formula is C25H24N2O3. The van der Waals surface area contributed by atoms with Crippen molar-refractivity contribution in [1.82, 2.24) is 0 Å². The number of anilines is 2. The summed E-state index contributed by atoms with van der Waals surface area (Å²) in [5.74, 6) is -0.153. The van der Waals surface area contributed by atoms with E-state index in [1.54, 1.807) is 12.1 Å². The van der Waals surface area contributed by atoms with Gasteiger partial charge in [0.15, 0.2) is 0 Å². The van der Waals surface area contributed by atoms with Gasteiger partial charge in [-0.2, -0.15) is 0 Å². The fourth-order valence-electron chi connectivity index (χ4n) is 3.60. The van der Waals surface area contributed by atoms with Gasteiger partial charge >= 0.3 is 0 Å². The minimum atomic E-state index is -0.153. The molecule has 5 heteroatoms. The molecule has 1 saturated heterocycles. The quantitative estimate of drug-likeness (QED) is 0.638. The number of carbonyl (C=O) groups excluding carboxylic acids is 2. The van der Waals surface area contributed by atoms with E-state index in [0.717, 1.165) is 60.7 Å². The summed E-state index contributed by atoms with van der Waals surface area (Å²) in [5, 5.41) is 2.98. The van der Waals surface area contributed by atoms with E-state index < -0.39 is 0 Å². The fraction of sp³-hybridized carbons (Fsp3) is 0.200. The average Bonchev–Trinajstić information content (AvgIpc) is 2.80. The Labute approximate surface area is 176 Å². The number of aryl methyl sites for hydroxylation is 1. The molecule has 1 heterocycles. The molecule has 0 saturated carbocycles. The van der Waals surface area contributed by atoms with Crippen LogP contribution in [0.15, 0.2) is 66.7 Å². The van der Waals surface area contributed by atoms with Crippen LogP contribution >= 0.6 is 0 Å². The van der Waals surface area contributed by atoms with Crippen LogP contribution < -0.4 is 10.2 Å². The number of ether oxygens (including phenoxy) is 1. The Morgan fingerprint density at radius 3 is 2.33 bits per heavy atom. The zero-order valence-corrected chi connectivity index (χ0v) is 16.9. The van der Waals surface area contributed by atoms with Gasteiger partial charge in [0, 0.05) is 35.6 Å². The zero-order chi connectivity index (χ0) is 20.9. The molecule has 0 aliphatic carbocycles. The Kier molecular flexibility index (Phi) is 5.91. The highest BCUT2D eigenvalue weighted by molar-refractivity contribution is 6.05. The van der Waals surface area contributed by atoms with Crippen LogP contribution in [-0.2, 0) is 4.74 Å². The number of carbonyl (C=O) groups is 2. The molecule has 0 bridgehead atoms. The molecule has 3 aromatic rings. The second-order valence-electron chi connectivity index (χ2n) is 7.37. The number of hydrogen-bond acceptors (Lipinski definition) is 4. The van der Waals surface area contributed by atoms with Crippen molar-refractivity contribution in [2.24, 2.45) is 0 Å². The maximum atomic E-state index is 12.8. The second-order valence-corrected chi connectivity index (χ2v) is 7.37. The SMILES string of the molecule is Cc1ccc(C(=O)Nc2ccc(N3CCOCC3)cc2)cc1-c1ccc(C=O)cc1. The number of nitrogens with one attached hydrogen (secondary N) is 1. The summed E-state index contributed by atoms with van der Waals surface area (Å²) < 4.78 is 5.39. The summed E-state index contributed by atoms with van der Waals surface area (Å²) in [6.45, 7) is 5.25. The lowest BCUT2D eigenvalue weighted by Crippen LogP contribution is -2.36. The van der Waals surface area contributed by atoms with Gasteiger partial charge in [-0.3, -0.25) is 9.59 Å². The molecule has 0 atom stereocenters. The molecule has 0 radical (unpaired) electrons. The van der Waals surface area contributed by atoms with Gasteiger partial charge in [0.1, 0.15) is 6.29 Å². The molecule has 1 aliphatic heterocycles. The number of amides is 1. The molecule has 4 rings (SSSR count). The summed E-state index contributed by atoms with van der Waals surface area (Å²) in [5.41, 5.74) is 6.13. The highest BCUT2D eigenvalue weighted by atomic mass is 16.5. The zero-order valence-electron chi connectivity index (χ0n) is 16.9. The van der Waals surface area contributed by atoms with Crippen molar-refractivity contribution in [3.8, 4) is 11.1 Å². The molecule has 3 aromatic carbocycles. The minimum Gasteiger partial charge on any atom is -0.378 e. The Morgan fingerprint density at radius 2 is 1.67 bits per heavy atom. The molecule has 1 amide bonds. The third kappa shape index (κ3) is 4.42. The van der Waals surface area contributed by atoms with Crippen LogP contribution in [0.1, 0.15) is 26.3 Å². The predicted octanol–water partition coefficient (Wildman–Crippen LogP) is 4.56. The fourth-order valence-corrected chi connectivity index (χ4v) is 3.60. The Hall–Kier alpha value is -3.44. The van der Waals surface area contributed by atoms with Crippen molar-refractivity contribution in [2.75, 3.05) is 36.5 Å². The van der Waals surface area contributed by atoms with Crippen molar-refractivity contribution < 1.29 is 14.3 Å². The molecule has 0 unspecified atom stereocenters. The van der Waals surface area contributed by atoms with Crippen molar-refractivity contribution in [3.63, 3.8) is 0 Å². The van der Waals surface area contributed by atoms with E-state index in [4.69, 9.17) is 4.74 Å². The number of rotatable bonds is 5. The van der Waals surface area contributed by atoms with Gasteiger partial charge in [-0.15, -0.1) is 0 Å².